The number of hydrogen-bond acceptors (Lipinski definition) is 2. The van der Waals surface area contributed by atoms with Crippen LogP contribution >= 0.6 is 27.7 Å². The van der Waals surface area contributed by atoms with Crippen LogP contribution in [0.5, 0.6) is 5.75 Å². The summed E-state index contributed by atoms with van der Waals surface area (Å²) in [6, 6.07) is 8.22. The second-order valence-electron chi connectivity index (χ2n) is 4.26. The first kappa shape index (κ1) is 12.9. The Kier molecular flexibility index (Phi) is 5.00. The van der Waals surface area contributed by atoms with E-state index in [1.807, 2.05) is 12.1 Å². The van der Waals surface area contributed by atoms with Gasteiger partial charge in [-0.2, -0.15) is 0 Å². The standard InChI is InChI=1S/C12H17BrOS/c1-12(2,8-13)9-14-10-4-6-11(15-3)7-5-10/h4-7H,8-9H2,1-3H3. The van der Waals surface area contributed by atoms with Crippen LogP contribution in [0.1, 0.15) is 13.8 Å². The van der Waals surface area contributed by atoms with Gasteiger partial charge in [-0.25, -0.2) is 0 Å². The molecule has 0 N–H and O–H groups in total. The summed E-state index contributed by atoms with van der Waals surface area (Å²) in [6.45, 7) is 5.09. The van der Waals surface area contributed by atoms with Gasteiger partial charge in [0.25, 0.3) is 0 Å². The van der Waals surface area contributed by atoms with Crippen LogP contribution in [0.15, 0.2) is 29.2 Å². The van der Waals surface area contributed by atoms with Gasteiger partial charge in [0.15, 0.2) is 0 Å². The lowest BCUT2D eigenvalue weighted by Crippen LogP contribution is -2.22. The van der Waals surface area contributed by atoms with Crippen LogP contribution in [0, 0.1) is 5.41 Å². The fraction of sp³-hybridized carbons (Fsp3) is 0.500. The highest BCUT2D eigenvalue weighted by Gasteiger charge is 2.16. The van der Waals surface area contributed by atoms with Crippen molar-refractivity contribution in [3.8, 4) is 5.75 Å². The molecule has 0 aliphatic heterocycles. The molecule has 1 nitrogen and oxygen atoms in total. The summed E-state index contributed by atoms with van der Waals surface area (Å²) in [7, 11) is 0. The average Bonchev–Trinajstić information content (AvgIpc) is 2.27. The van der Waals surface area contributed by atoms with E-state index in [4.69, 9.17) is 4.74 Å². The lowest BCUT2D eigenvalue weighted by atomic mass is 9.98. The predicted molar refractivity (Wildman–Crippen MR) is 71.3 cm³/mol. The van der Waals surface area contributed by atoms with Crippen LogP contribution in [-0.4, -0.2) is 18.2 Å². The van der Waals surface area contributed by atoms with Gasteiger partial charge in [-0.15, -0.1) is 11.8 Å². The first-order valence-corrected chi connectivity index (χ1v) is 7.25. The minimum atomic E-state index is 0.179. The number of alkyl halides is 1. The van der Waals surface area contributed by atoms with Crippen LogP contribution in [-0.2, 0) is 0 Å². The molecule has 0 radical (unpaired) electrons. The fourth-order valence-electron chi connectivity index (χ4n) is 0.989. The normalized spacial score (nSPS) is 11.5. The van der Waals surface area contributed by atoms with E-state index in [1.165, 1.54) is 4.90 Å². The SMILES string of the molecule is CSc1ccc(OCC(C)(C)CBr)cc1. The molecule has 0 heterocycles. The van der Waals surface area contributed by atoms with E-state index in [1.54, 1.807) is 11.8 Å². The topological polar surface area (TPSA) is 9.23 Å². The Labute approximate surface area is 105 Å². The first-order chi connectivity index (χ1) is 7.07. The summed E-state index contributed by atoms with van der Waals surface area (Å²) >= 11 is 5.23. The smallest absolute Gasteiger partial charge is 0.119 e. The third kappa shape index (κ3) is 4.47. The van der Waals surface area contributed by atoms with Gasteiger partial charge in [0, 0.05) is 15.6 Å². The minimum absolute atomic E-state index is 0.179. The summed E-state index contributed by atoms with van der Waals surface area (Å²) in [5, 5.41) is 0.947. The molecule has 0 saturated carbocycles. The lowest BCUT2D eigenvalue weighted by molar-refractivity contribution is 0.203. The van der Waals surface area contributed by atoms with Crippen LogP contribution < -0.4 is 4.74 Å². The molecular weight excluding hydrogens is 272 g/mol. The number of benzene rings is 1. The van der Waals surface area contributed by atoms with Gasteiger partial charge in [0.1, 0.15) is 5.75 Å². The Balaban J connectivity index is 2.51. The van der Waals surface area contributed by atoms with Crippen LogP contribution in [0.3, 0.4) is 0 Å². The van der Waals surface area contributed by atoms with Crippen molar-refractivity contribution in [2.45, 2.75) is 18.7 Å². The van der Waals surface area contributed by atoms with Crippen molar-refractivity contribution < 1.29 is 4.74 Å². The van der Waals surface area contributed by atoms with Gasteiger partial charge in [0.2, 0.25) is 0 Å². The van der Waals surface area contributed by atoms with E-state index in [9.17, 15) is 0 Å². The third-order valence-electron chi connectivity index (χ3n) is 2.05. The summed E-state index contributed by atoms with van der Waals surface area (Å²) in [6.07, 6.45) is 2.07. The number of thioether (sulfide) groups is 1. The van der Waals surface area contributed by atoms with E-state index >= 15 is 0 Å². The van der Waals surface area contributed by atoms with Gasteiger partial charge in [0.05, 0.1) is 6.61 Å². The number of rotatable bonds is 5. The third-order valence-corrected chi connectivity index (χ3v) is 4.31. The average molecular weight is 289 g/mol. The van der Waals surface area contributed by atoms with Gasteiger partial charge < -0.3 is 4.74 Å². The molecule has 1 aromatic carbocycles. The molecule has 84 valence electrons. The predicted octanol–water partition coefficient (Wildman–Crippen LogP) is 4.21. The molecule has 1 rings (SSSR count). The van der Waals surface area contributed by atoms with Crippen molar-refractivity contribution in [1.82, 2.24) is 0 Å². The van der Waals surface area contributed by atoms with Crippen LogP contribution in [0.4, 0.5) is 0 Å². The largest absolute Gasteiger partial charge is 0.493 e. The highest BCUT2D eigenvalue weighted by Crippen LogP contribution is 2.23. The minimum Gasteiger partial charge on any atom is -0.493 e. The molecule has 0 unspecified atom stereocenters. The molecule has 0 atom stereocenters. The Hall–Kier alpha value is -0.150. The molecule has 0 fully saturated rings. The molecule has 0 aromatic heterocycles. The van der Waals surface area contributed by atoms with E-state index in [0.717, 1.165) is 17.7 Å². The lowest BCUT2D eigenvalue weighted by Gasteiger charge is -2.21. The maximum Gasteiger partial charge on any atom is 0.119 e. The Bertz CT molecular complexity index is 295. The molecule has 0 spiro atoms. The summed E-state index contributed by atoms with van der Waals surface area (Å²) in [4.78, 5) is 1.27. The van der Waals surface area contributed by atoms with Gasteiger partial charge >= 0.3 is 0 Å². The Morgan fingerprint density at radius 1 is 1.27 bits per heavy atom. The first-order valence-electron chi connectivity index (χ1n) is 4.90. The van der Waals surface area contributed by atoms with E-state index in [-0.39, 0.29) is 5.41 Å². The van der Waals surface area contributed by atoms with Gasteiger partial charge in [-0.1, -0.05) is 29.8 Å². The quantitative estimate of drug-likeness (QED) is 0.593. The fourth-order valence-corrected chi connectivity index (χ4v) is 1.56. The second kappa shape index (κ2) is 5.80. The van der Waals surface area contributed by atoms with Crippen LogP contribution in [0.2, 0.25) is 0 Å². The van der Waals surface area contributed by atoms with Crippen LogP contribution in [0.25, 0.3) is 0 Å². The van der Waals surface area contributed by atoms with Crippen molar-refractivity contribution in [2.24, 2.45) is 5.41 Å². The molecule has 0 saturated heterocycles. The summed E-state index contributed by atoms with van der Waals surface area (Å²) in [5.74, 6) is 0.946. The highest BCUT2D eigenvalue weighted by atomic mass is 79.9. The van der Waals surface area contributed by atoms with Crippen molar-refractivity contribution in [3.05, 3.63) is 24.3 Å². The van der Waals surface area contributed by atoms with Crippen molar-refractivity contribution >= 4 is 27.7 Å². The van der Waals surface area contributed by atoms with Crippen molar-refractivity contribution in [3.63, 3.8) is 0 Å². The van der Waals surface area contributed by atoms with Gasteiger partial charge in [-0.3, -0.25) is 0 Å². The second-order valence-corrected chi connectivity index (χ2v) is 5.70. The van der Waals surface area contributed by atoms with Crippen molar-refractivity contribution in [1.29, 1.82) is 0 Å². The molecular formula is C12H17BrOS. The molecule has 15 heavy (non-hydrogen) atoms. The number of halogens is 1. The molecule has 0 amide bonds. The summed E-state index contributed by atoms with van der Waals surface area (Å²) in [5.41, 5.74) is 0.179. The van der Waals surface area contributed by atoms with E-state index in [2.05, 4.69) is 48.2 Å². The van der Waals surface area contributed by atoms with Gasteiger partial charge in [-0.05, 0) is 30.5 Å². The molecule has 1 aromatic rings. The monoisotopic (exact) mass is 288 g/mol. The molecule has 0 aliphatic rings. The highest BCUT2D eigenvalue weighted by molar-refractivity contribution is 9.09. The van der Waals surface area contributed by atoms with E-state index in [0.29, 0.717) is 0 Å². The maximum atomic E-state index is 5.72. The number of hydrogen-bond donors (Lipinski definition) is 0. The molecule has 3 heteroatoms. The molecule has 0 bridgehead atoms. The zero-order valence-corrected chi connectivity index (χ0v) is 11.8. The van der Waals surface area contributed by atoms with E-state index < -0.39 is 0 Å². The zero-order chi connectivity index (χ0) is 11.3. The summed E-state index contributed by atoms with van der Waals surface area (Å²) < 4.78 is 5.72. The van der Waals surface area contributed by atoms with Crippen molar-refractivity contribution in [2.75, 3.05) is 18.2 Å². The Morgan fingerprint density at radius 3 is 2.33 bits per heavy atom. The number of ether oxygens (including phenoxy) is 1. The Morgan fingerprint density at radius 2 is 1.87 bits per heavy atom. The zero-order valence-electron chi connectivity index (χ0n) is 9.42. The maximum absolute atomic E-state index is 5.72. The molecule has 0 aliphatic carbocycles.